The van der Waals surface area contributed by atoms with E-state index in [0.717, 1.165) is 5.56 Å². The number of hydrogen-bond acceptors (Lipinski definition) is 7. The number of carbonyl (C=O) groups excluding carboxylic acids is 1. The van der Waals surface area contributed by atoms with Crippen LogP contribution in [-0.2, 0) is 6.54 Å². The smallest absolute Gasteiger partial charge is 0.270 e. The van der Waals surface area contributed by atoms with Gasteiger partial charge < -0.3 is 9.42 Å². The van der Waals surface area contributed by atoms with Crippen LogP contribution in [0.5, 0.6) is 0 Å². The Labute approximate surface area is 173 Å². The quantitative estimate of drug-likeness (QED) is 0.473. The van der Waals surface area contributed by atoms with Gasteiger partial charge in [0, 0.05) is 49.4 Å². The summed E-state index contributed by atoms with van der Waals surface area (Å²) in [6, 6.07) is 13.8. The molecule has 0 saturated carbocycles. The van der Waals surface area contributed by atoms with Gasteiger partial charge in [-0.1, -0.05) is 41.1 Å². The van der Waals surface area contributed by atoms with Crippen LogP contribution < -0.4 is 0 Å². The summed E-state index contributed by atoms with van der Waals surface area (Å²) in [6.07, 6.45) is 0. The Hall–Kier alpha value is -3.59. The van der Waals surface area contributed by atoms with Crippen LogP contribution in [-0.4, -0.2) is 56.9 Å². The van der Waals surface area contributed by atoms with Crippen molar-refractivity contribution in [1.29, 1.82) is 0 Å². The molecular formula is C21H21N5O4. The number of hydrogen-bond donors (Lipinski definition) is 0. The number of benzene rings is 2. The highest BCUT2D eigenvalue weighted by Gasteiger charge is 2.24. The Morgan fingerprint density at radius 1 is 1.13 bits per heavy atom. The number of non-ortho nitro benzene ring substituents is 1. The van der Waals surface area contributed by atoms with Gasteiger partial charge in [0.1, 0.15) is 0 Å². The number of amides is 1. The maximum absolute atomic E-state index is 12.7. The third-order valence-electron chi connectivity index (χ3n) is 5.10. The summed E-state index contributed by atoms with van der Waals surface area (Å²) in [4.78, 5) is 31.4. The second kappa shape index (κ2) is 8.42. The minimum Gasteiger partial charge on any atom is -0.338 e. The molecule has 0 atom stereocenters. The highest BCUT2D eigenvalue weighted by atomic mass is 16.6. The van der Waals surface area contributed by atoms with E-state index in [1.807, 2.05) is 31.2 Å². The van der Waals surface area contributed by atoms with Crippen LogP contribution in [0, 0.1) is 17.0 Å². The van der Waals surface area contributed by atoms with Gasteiger partial charge in [0.05, 0.1) is 11.5 Å². The van der Waals surface area contributed by atoms with Gasteiger partial charge in [-0.25, -0.2) is 0 Å². The van der Waals surface area contributed by atoms with Gasteiger partial charge in [-0.3, -0.25) is 19.8 Å². The predicted molar refractivity (Wildman–Crippen MR) is 109 cm³/mol. The lowest BCUT2D eigenvalue weighted by Gasteiger charge is -2.33. The van der Waals surface area contributed by atoms with E-state index in [2.05, 4.69) is 15.0 Å². The third-order valence-corrected chi connectivity index (χ3v) is 5.10. The molecule has 1 amide bonds. The Morgan fingerprint density at radius 3 is 2.57 bits per heavy atom. The first-order valence-electron chi connectivity index (χ1n) is 9.65. The number of aryl methyl sites for hydroxylation is 1. The molecular weight excluding hydrogens is 386 g/mol. The number of aromatic nitrogens is 2. The Balaban J connectivity index is 1.34. The van der Waals surface area contributed by atoms with Crippen LogP contribution in [0.4, 0.5) is 5.69 Å². The summed E-state index contributed by atoms with van der Waals surface area (Å²) in [5, 5.41) is 15.0. The molecule has 154 valence electrons. The van der Waals surface area contributed by atoms with Gasteiger partial charge in [0.25, 0.3) is 11.6 Å². The number of piperazine rings is 1. The third kappa shape index (κ3) is 4.36. The molecule has 2 aromatic carbocycles. The van der Waals surface area contributed by atoms with Crippen LogP contribution in [0.15, 0.2) is 53.1 Å². The summed E-state index contributed by atoms with van der Waals surface area (Å²) in [6.45, 7) is 4.90. The highest BCUT2D eigenvalue weighted by molar-refractivity contribution is 5.94. The van der Waals surface area contributed by atoms with E-state index >= 15 is 0 Å². The zero-order valence-electron chi connectivity index (χ0n) is 16.5. The minimum absolute atomic E-state index is 0.0831. The lowest BCUT2D eigenvalue weighted by atomic mass is 10.1. The fourth-order valence-corrected chi connectivity index (χ4v) is 3.37. The minimum atomic E-state index is -0.496. The molecule has 0 radical (unpaired) electrons. The summed E-state index contributed by atoms with van der Waals surface area (Å²) in [5.41, 5.74) is 2.32. The molecule has 0 aliphatic carbocycles. The molecule has 0 spiro atoms. The van der Waals surface area contributed by atoms with Crippen molar-refractivity contribution < 1.29 is 14.2 Å². The van der Waals surface area contributed by atoms with E-state index in [-0.39, 0.29) is 11.6 Å². The van der Waals surface area contributed by atoms with Crippen molar-refractivity contribution in [2.75, 3.05) is 26.2 Å². The van der Waals surface area contributed by atoms with Crippen molar-refractivity contribution in [1.82, 2.24) is 19.9 Å². The van der Waals surface area contributed by atoms with E-state index in [1.54, 1.807) is 11.0 Å². The van der Waals surface area contributed by atoms with Crippen molar-refractivity contribution in [2.24, 2.45) is 0 Å². The fraction of sp³-hybridized carbons (Fsp3) is 0.286. The summed E-state index contributed by atoms with van der Waals surface area (Å²) in [7, 11) is 0. The molecule has 1 saturated heterocycles. The number of carbonyl (C=O) groups is 1. The largest absolute Gasteiger partial charge is 0.338 e. The first kappa shape index (κ1) is 19.7. The molecule has 1 aromatic heterocycles. The van der Waals surface area contributed by atoms with Crippen molar-refractivity contribution >= 4 is 11.6 Å². The fourth-order valence-electron chi connectivity index (χ4n) is 3.37. The van der Waals surface area contributed by atoms with Gasteiger partial charge in [-0.2, -0.15) is 4.98 Å². The normalized spacial score (nSPS) is 14.6. The van der Waals surface area contributed by atoms with E-state index in [9.17, 15) is 14.9 Å². The van der Waals surface area contributed by atoms with E-state index < -0.39 is 4.92 Å². The molecule has 0 N–H and O–H groups in total. The van der Waals surface area contributed by atoms with Gasteiger partial charge >= 0.3 is 0 Å². The topological polar surface area (TPSA) is 106 Å². The molecule has 9 heteroatoms. The van der Waals surface area contributed by atoms with Gasteiger partial charge in [-0.15, -0.1) is 0 Å². The highest BCUT2D eigenvalue weighted by Crippen LogP contribution is 2.19. The molecule has 4 rings (SSSR count). The SMILES string of the molecule is Cc1ccc(-c2noc(CN3CCN(C(=O)c4cccc([N+](=O)[O-])c4)CC3)n2)cc1. The monoisotopic (exact) mass is 407 g/mol. The second-order valence-electron chi connectivity index (χ2n) is 7.25. The lowest BCUT2D eigenvalue weighted by molar-refractivity contribution is -0.384. The predicted octanol–water partition coefficient (Wildman–Crippen LogP) is 2.91. The molecule has 9 nitrogen and oxygen atoms in total. The Kier molecular flexibility index (Phi) is 5.53. The number of nitro benzene ring substituents is 1. The maximum atomic E-state index is 12.7. The van der Waals surface area contributed by atoms with Gasteiger partial charge in [-0.05, 0) is 13.0 Å². The van der Waals surface area contributed by atoms with Crippen molar-refractivity contribution in [3.05, 3.63) is 75.7 Å². The van der Waals surface area contributed by atoms with Crippen LogP contribution in [0.25, 0.3) is 11.4 Å². The molecule has 2 heterocycles. The molecule has 30 heavy (non-hydrogen) atoms. The lowest BCUT2D eigenvalue weighted by Crippen LogP contribution is -2.48. The molecule has 1 aliphatic rings. The first-order valence-corrected chi connectivity index (χ1v) is 9.65. The van der Waals surface area contributed by atoms with Crippen molar-refractivity contribution in [3.8, 4) is 11.4 Å². The zero-order chi connectivity index (χ0) is 21.1. The number of nitrogens with zero attached hydrogens (tertiary/aromatic N) is 5. The van der Waals surface area contributed by atoms with E-state index in [1.165, 1.54) is 23.8 Å². The average Bonchev–Trinajstić information content (AvgIpc) is 3.23. The molecule has 3 aromatic rings. The average molecular weight is 407 g/mol. The molecule has 0 unspecified atom stereocenters. The van der Waals surface area contributed by atoms with Gasteiger partial charge in [0.15, 0.2) is 0 Å². The van der Waals surface area contributed by atoms with Gasteiger partial charge in [0.2, 0.25) is 11.7 Å². The van der Waals surface area contributed by atoms with Crippen LogP contribution in [0.1, 0.15) is 21.8 Å². The maximum Gasteiger partial charge on any atom is 0.270 e. The molecule has 1 aliphatic heterocycles. The molecule has 0 bridgehead atoms. The van der Waals surface area contributed by atoms with Crippen LogP contribution >= 0.6 is 0 Å². The first-order chi connectivity index (χ1) is 14.5. The molecule has 1 fully saturated rings. The number of rotatable bonds is 5. The summed E-state index contributed by atoms with van der Waals surface area (Å²) in [5.74, 6) is 0.895. The summed E-state index contributed by atoms with van der Waals surface area (Å²) < 4.78 is 5.38. The Bertz CT molecular complexity index is 1060. The van der Waals surface area contributed by atoms with Crippen molar-refractivity contribution in [3.63, 3.8) is 0 Å². The second-order valence-corrected chi connectivity index (χ2v) is 7.25. The van der Waals surface area contributed by atoms with E-state index in [4.69, 9.17) is 4.52 Å². The standard InChI is InChI=1S/C21H21N5O4/c1-15-5-7-16(8-6-15)20-22-19(30-23-20)14-24-9-11-25(12-10-24)21(27)17-3-2-4-18(13-17)26(28)29/h2-8,13H,9-12,14H2,1H3. The summed E-state index contributed by atoms with van der Waals surface area (Å²) >= 11 is 0. The van der Waals surface area contributed by atoms with E-state index in [0.29, 0.717) is 50.0 Å². The van der Waals surface area contributed by atoms with Crippen LogP contribution in [0.3, 0.4) is 0 Å². The zero-order valence-corrected chi connectivity index (χ0v) is 16.5. The number of nitro groups is 1. The van der Waals surface area contributed by atoms with Crippen LogP contribution in [0.2, 0.25) is 0 Å². The Morgan fingerprint density at radius 2 is 1.87 bits per heavy atom. The van der Waals surface area contributed by atoms with Crippen molar-refractivity contribution in [2.45, 2.75) is 13.5 Å².